The van der Waals surface area contributed by atoms with Crippen molar-refractivity contribution in [3.63, 3.8) is 0 Å². The molecule has 0 aliphatic heterocycles. The van der Waals surface area contributed by atoms with E-state index >= 15 is 0 Å². The van der Waals surface area contributed by atoms with Crippen molar-refractivity contribution in [1.29, 1.82) is 0 Å². The quantitative estimate of drug-likeness (QED) is 0.887. The number of nitrogens with one attached hydrogen (secondary N) is 1. The maximum atomic E-state index is 12.0. The van der Waals surface area contributed by atoms with Crippen molar-refractivity contribution in [3.05, 3.63) is 30.5 Å². The van der Waals surface area contributed by atoms with Gasteiger partial charge in [-0.05, 0) is 50.8 Å². The van der Waals surface area contributed by atoms with Gasteiger partial charge in [-0.1, -0.05) is 6.07 Å². The molecule has 1 aromatic carbocycles. The SMILES string of the molecule is CC(C)Oc1cccc2c1ccn2CC(=O)NCC1CC1. The van der Waals surface area contributed by atoms with E-state index in [2.05, 4.69) is 5.32 Å². The smallest absolute Gasteiger partial charge is 0.239 e. The number of rotatable bonds is 6. The molecular weight excluding hydrogens is 264 g/mol. The van der Waals surface area contributed by atoms with Gasteiger partial charge in [-0.3, -0.25) is 4.79 Å². The highest BCUT2D eigenvalue weighted by Crippen LogP contribution is 2.28. The summed E-state index contributed by atoms with van der Waals surface area (Å²) in [4.78, 5) is 12.0. The van der Waals surface area contributed by atoms with Gasteiger partial charge in [0.15, 0.2) is 0 Å². The lowest BCUT2D eigenvalue weighted by molar-refractivity contribution is -0.121. The number of amides is 1. The molecule has 1 N–H and O–H groups in total. The molecule has 112 valence electrons. The molecule has 1 aromatic heterocycles. The third kappa shape index (κ3) is 3.38. The van der Waals surface area contributed by atoms with E-state index in [1.807, 2.05) is 48.9 Å². The summed E-state index contributed by atoms with van der Waals surface area (Å²) in [7, 11) is 0. The third-order valence-corrected chi connectivity index (χ3v) is 3.74. The van der Waals surface area contributed by atoms with Crippen molar-refractivity contribution in [3.8, 4) is 5.75 Å². The fourth-order valence-electron chi connectivity index (χ4n) is 2.48. The van der Waals surface area contributed by atoms with E-state index in [-0.39, 0.29) is 12.0 Å². The molecule has 2 aromatic rings. The van der Waals surface area contributed by atoms with Crippen molar-refractivity contribution in [2.24, 2.45) is 5.92 Å². The second-order valence-electron chi connectivity index (χ2n) is 6.05. The molecule has 0 unspecified atom stereocenters. The summed E-state index contributed by atoms with van der Waals surface area (Å²) in [5.74, 6) is 1.66. The summed E-state index contributed by atoms with van der Waals surface area (Å²) in [6.07, 6.45) is 4.60. The zero-order valence-electron chi connectivity index (χ0n) is 12.6. The molecular formula is C17H22N2O2. The van der Waals surface area contributed by atoms with Crippen LogP contribution in [0.5, 0.6) is 5.75 Å². The molecule has 0 saturated heterocycles. The minimum Gasteiger partial charge on any atom is -0.490 e. The number of nitrogens with zero attached hydrogens (tertiary/aromatic N) is 1. The van der Waals surface area contributed by atoms with Crippen molar-refractivity contribution in [2.75, 3.05) is 6.54 Å². The van der Waals surface area contributed by atoms with Gasteiger partial charge in [-0.2, -0.15) is 0 Å². The second-order valence-corrected chi connectivity index (χ2v) is 6.05. The van der Waals surface area contributed by atoms with Gasteiger partial charge >= 0.3 is 0 Å². The average Bonchev–Trinajstić information content (AvgIpc) is 3.18. The Balaban J connectivity index is 1.74. The van der Waals surface area contributed by atoms with Gasteiger partial charge in [0, 0.05) is 18.1 Å². The number of benzene rings is 1. The molecule has 0 radical (unpaired) electrons. The second kappa shape index (κ2) is 5.80. The lowest BCUT2D eigenvalue weighted by atomic mass is 10.2. The zero-order chi connectivity index (χ0) is 14.8. The van der Waals surface area contributed by atoms with Gasteiger partial charge in [0.25, 0.3) is 0 Å². The number of fused-ring (bicyclic) bond motifs is 1. The predicted octanol–water partition coefficient (Wildman–Crippen LogP) is 2.95. The Morgan fingerprint density at radius 1 is 1.38 bits per heavy atom. The summed E-state index contributed by atoms with van der Waals surface area (Å²) in [5.41, 5.74) is 1.04. The molecule has 1 fully saturated rings. The number of ether oxygens (including phenoxy) is 1. The fourth-order valence-corrected chi connectivity index (χ4v) is 2.48. The van der Waals surface area contributed by atoms with Crippen LogP contribution in [-0.2, 0) is 11.3 Å². The first-order valence-electron chi connectivity index (χ1n) is 7.64. The van der Waals surface area contributed by atoms with Crippen molar-refractivity contribution < 1.29 is 9.53 Å². The molecule has 1 aliphatic carbocycles. The van der Waals surface area contributed by atoms with E-state index in [9.17, 15) is 4.79 Å². The standard InChI is InChI=1S/C17H22N2O2/c1-12(2)21-16-5-3-4-15-14(16)8-9-19(15)11-17(20)18-10-13-6-7-13/h3-5,8-9,12-13H,6-7,10-11H2,1-2H3,(H,18,20). The highest BCUT2D eigenvalue weighted by atomic mass is 16.5. The van der Waals surface area contributed by atoms with Crippen LogP contribution in [0.4, 0.5) is 0 Å². The van der Waals surface area contributed by atoms with Crippen LogP contribution in [0, 0.1) is 5.92 Å². The molecule has 0 spiro atoms. The monoisotopic (exact) mass is 286 g/mol. The normalized spacial score (nSPS) is 14.6. The molecule has 1 aliphatic rings. The van der Waals surface area contributed by atoms with Gasteiger partial charge in [-0.25, -0.2) is 0 Å². The molecule has 3 rings (SSSR count). The van der Waals surface area contributed by atoms with Crippen LogP contribution in [0.3, 0.4) is 0 Å². The van der Waals surface area contributed by atoms with Gasteiger partial charge in [0.2, 0.25) is 5.91 Å². The minimum atomic E-state index is 0.0783. The van der Waals surface area contributed by atoms with Gasteiger partial charge in [-0.15, -0.1) is 0 Å². The Morgan fingerprint density at radius 2 is 2.19 bits per heavy atom. The molecule has 1 amide bonds. The number of aromatic nitrogens is 1. The third-order valence-electron chi connectivity index (χ3n) is 3.74. The van der Waals surface area contributed by atoms with Crippen LogP contribution >= 0.6 is 0 Å². The first-order chi connectivity index (χ1) is 10.1. The summed E-state index contributed by atoms with van der Waals surface area (Å²) in [6.45, 7) is 5.21. The minimum absolute atomic E-state index is 0.0783. The van der Waals surface area contributed by atoms with Gasteiger partial charge in [0.05, 0.1) is 11.6 Å². The van der Waals surface area contributed by atoms with Crippen LogP contribution < -0.4 is 10.1 Å². The number of hydrogen-bond acceptors (Lipinski definition) is 2. The molecule has 0 bridgehead atoms. The van der Waals surface area contributed by atoms with E-state index in [0.717, 1.165) is 23.2 Å². The lowest BCUT2D eigenvalue weighted by Gasteiger charge is -2.11. The van der Waals surface area contributed by atoms with E-state index in [1.165, 1.54) is 12.8 Å². The van der Waals surface area contributed by atoms with E-state index in [0.29, 0.717) is 12.5 Å². The summed E-state index contributed by atoms with van der Waals surface area (Å²) >= 11 is 0. The largest absolute Gasteiger partial charge is 0.490 e. The van der Waals surface area contributed by atoms with Gasteiger partial charge in [0.1, 0.15) is 12.3 Å². The lowest BCUT2D eigenvalue weighted by Crippen LogP contribution is -2.29. The fraction of sp³-hybridized carbons (Fsp3) is 0.471. The van der Waals surface area contributed by atoms with E-state index in [4.69, 9.17) is 4.74 Å². The van der Waals surface area contributed by atoms with Crippen LogP contribution in [-0.4, -0.2) is 23.1 Å². The van der Waals surface area contributed by atoms with E-state index in [1.54, 1.807) is 0 Å². The summed E-state index contributed by atoms with van der Waals surface area (Å²) in [5, 5.41) is 4.06. The van der Waals surface area contributed by atoms with Crippen molar-refractivity contribution in [2.45, 2.75) is 39.3 Å². The van der Waals surface area contributed by atoms with Crippen LogP contribution in [0.15, 0.2) is 30.5 Å². The Bertz CT molecular complexity index is 641. The summed E-state index contributed by atoms with van der Waals surface area (Å²) in [6, 6.07) is 7.98. The van der Waals surface area contributed by atoms with Crippen LogP contribution in [0.1, 0.15) is 26.7 Å². The van der Waals surface area contributed by atoms with E-state index < -0.39 is 0 Å². The van der Waals surface area contributed by atoms with Crippen LogP contribution in [0.25, 0.3) is 10.9 Å². The maximum Gasteiger partial charge on any atom is 0.239 e. The number of hydrogen-bond donors (Lipinski definition) is 1. The van der Waals surface area contributed by atoms with Crippen LogP contribution in [0.2, 0.25) is 0 Å². The Kier molecular flexibility index (Phi) is 3.86. The van der Waals surface area contributed by atoms with Gasteiger partial charge < -0.3 is 14.6 Å². The zero-order valence-corrected chi connectivity index (χ0v) is 12.6. The highest BCUT2D eigenvalue weighted by molar-refractivity contribution is 5.88. The molecule has 21 heavy (non-hydrogen) atoms. The average molecular weight is 286 g/mol. The Morgan fingerprint density at radius 3 is 2.90 bits per heavy atom. The summed E-state index contributed by atoms with van der Waals surface area (Å²) < 4.78 is 7.80. The molecule has 4 nitrogen and oxygen atoms in total. The predicted molar refractivity (Wildman–Crippen MR) is 83.4 cm³/mol. The Labute approximate surface area is 125 Å². The number of carbonyl (C=O) groups is 1. The highest BCUT2D eigenvalue weighted by Gasteiger charge is 2.21. The molecule has 1 heterocycles. The van der Waals surface area contributed by atoms with Crippen molar-refractivity contribution in [1.82, 2.24) is 9.88 Å². The first kappa shape index (κ1) is 14.0. The first-order valence-corrected chi connectivity index (χ1v) is 7.64. The topological polar surface area (TPSA) is 43.3 Å². The molecule has 4 heteroatoms. The maximum absolute atomic E-state index is 12.0. The molecule has 1 saturated carbocycles. The number of carbonyl (C=O) groups excluding carboxylic acids is 1. The molecule has 0 atom stereocenters. The van der Waals surface area contributed by atoms with Crippen molar-refractivity contribution >= 4 is 16.8 Å². The Hall–Kier alpha value is -1.97.